The van der Waals surface area contributed by atoms with Crippen LogP contribution in [0.2, 0.25) is 5.02 Å². The Balaban J connectivity index is 2.08. The van der Waals surface area contributed by atoms with Crippen LogP contribution < -0.4 is 9.64 Å². The summed E-state index contributed by atoms with van der Waals surface area (Å²) < 4.78 is 25.9. The van der Waals surface area contributed by atoms with Crippen molar-refractivity contribution in [2.24, 2.45) is 0 Å². The Morgan fingerprint density at radius 3 is 2.56 bits per heavy atom. The summed E-state index contributed by atoms with van der Waals surface area (Å²) in [6.07, 6.45) is 8.49. The Hall–Kier alpha value is -3.45. The fourth-order valence-electron chi connectivity index (χ4n) is 3.68. The standard InChI is InChI=1S/C26H26ClFN2O4/c1-3-12-33-24-15-23(22(28)14-21(24)27)30(17-18-8-7-11-29-16-18)25(31)19-9-5-6-10-20(19)26(32)34-13-4-2/h3-4,7-8,11,14-16H,1-2,5-6,9-10,12-13,17H2. The first-order valence-corrected chi connectivity index (χ1v) is 11.3. The summed E-state index contributed by atoms with van der Waals surface area (Å²) in [6, 6.07) is 6.00. The number of anilines is 1. The number of rotatable bonds is 10. The average Bonchev–Trinajstić information content (AvgIpc) is 2.86. The number of pyridine rings is 1. The first-order chi connectivity index (χ1) is 16.5. The predicted octanol–water partition coefficient (Wildman–Crippen LogP) is 5.57. The molecule has 1 aliphatic carbocycles. The molecular formula is C26H26ClFN2O4. The van der Waals surface area contributed by atoms with Gasteiger partial charge in [-0.15, -0.1) is 0 Å². The molecule has 1 aliphatic rings. The molecule has 34 heavy (non-hydrogen) atoms. The van der Waals surface area contributed by atoms with Gasteiger partial charge in [0.25, 0.3) is 5.91 Å². The van der Waals surface area contributed by atoms with Crippen LogP contribution in [0.1, 0.15) is 31.2 Å². The molecule has 0 radical (unpaired) electrons. The highest BCUT2D eigenvalue weighted by atomic mass is 35.5. The maximum Gasteiger partial charge on any atom is 0.334 e. The van der Waals surface area contributed by atoms with Crippen LogP contribution in [0.3, 0.4) is 0 Å². The van der Waals surface area contributed by atoms with Gasteiger partial charge in [0.1, 0.15) is 24.8 Å². The Morgan fingerprint density at radius 1 is 1.15 bits per heavy atom. The largest absolute Gasteiger partial charge is 0.488 e. The zero-order valence-corrected chi connectivity index (χ0v) is 19.5. The number of hydrogen-bond donors (Lipinski definition) is 0. The molecule has 0 spiro atoms. The lowest BCUT2D eigenvalue weighted by molar-refractivity contribution is -0.138. The first kappa shape index (κ1) is 25.2. The van der Waals surface area contributed by atoms with Gasteiger partial charge >= 0.3 is 5.97 Å². The van der Waals surface area contributed by atoms with E-state index < -0.39 is 17.7 Å². The van der Waals surface area contributed by atoms with Crippen LogP contribution >= 0.6 is 11.6 Å². The molecule has 0 N–H and O–H groups in total. The van der Waals surface area contributed by atoms with Crippen molar-refractivity contribution in [3.8, 4) is 5.75 Å². The van der Waals surface area contributed by atoms with Gasteiger partial charge in [0.2, 0.25) is 0 Å². The van der Waals surface area contributed by atoms with Crippen molar-refractivity contribution in [1.82, 2.24) is 4.98 Å². The Kier molecular flexibility index (Phi) is 8.99. The SMILES string of the molecule is C=CCOC(=O)C1=C(C(=O)N(Cc2cccnc2)c2cc(OCC=C)c(Cl)cc2F)CCCC1. The molecule has 6 nitrogen and oxygen atoms in total. The third-order valence-electron chi connectivity index (χ3n) is 5.26. The molecule has 1 aromatic heterocycles. The summed E-state index contributed by atoms with van der Waals surface area (Å²) in [7, 11) is 0. The van der Waals surface area contributed by atoms with Crippen molar-refractivity contribution >= 4 is 29.2 Å². The van der Waals surface area contributed by atoms with Crippen molar-refractivity contribution in [1.29, 1.82) is 0 Å². The number of esters is 1. The van der Waals surface area contributed by atoms with Crippen LogP contribution in [0.5, 0.6) is 5.75 Å². The second-order valence-electron chi connectivity index (χ2n) is 7.64. The van der Waals surface area contributed by atoms with Gasteiger partial charge in [-0.3, -0.25) is 9.78 Å². The average molecular weight is 485 g/mol. The minimum absolute atomic E-state index is 0.0193. The highest BCUT2D eigenvalue weighted by Crippen LogP contribution is 2.36. The van der Waals surface area contributed by atoms with Gasteiger partial charge in [0.05, 0.1) is 17.3 Å². The van der Waals surface area contributed by atoms with Crippen LogP contribution in [0, 0.1) is 5.82 Å². The third kappa shape index (κ3) is 6.11. The molecule has 1 amide bonds. The number of benzene rings is 1. The summed E-state index contributed by atoms with van der Waals surface area (Å²) in [6.45, 7) is 7.38. The maximum atomic E-state index is 15.2. The van der Waals surface area contributed by atoms with E-state index in [9.17, 15) is 9.59 Å². The van der Waals surface area contributed by atoms with Crippen molar-refractivity contribution in [3.05, 3.63) is 89.5 Å². The van der Waals surface area contributed by atoms with Crippen molar-refractivity contribution in [2.75, 3.05) is 18.1 Å². The molecule has 0 atom stereocenters. The van der Waals surface area contributed by atoms with E-state index in [0.717, 1.165) is 18.9 Å². The molecule has 1 aromatic carbocycles. The number of ether oxygens (including phenoxy) is 2. The molecule has 8 heteroatoms. The van der Waals surface area contributed by atoms with Crippen LogP contribution in [-0.2, 0) is 20.9 Å². The van der Waals surface area contributed by atoms with Crippen molar-refractivity contribution in [3.63, 3.8) is 0 Å². The van der Waals surface area contributed by atoms with E-state index in [2.05, 4.69) is 18.1 Å². The van der Waals surface area contributed by atoms with E-state index >= 15 is 4.39 Å². The Labute approximate surface area is 203 Å². The normalized spacial score (nSPS) is 13.2. The van der Waals surface area contributed by atoms with E-state index in [1.807, 2.05) is 0 Å². The summed E-state index contributed by atoms with van der Waals surface area (Å²) in [4.78, 5) is 31.8. The quantitative estimate of drug-likeness (QED) is 0.325. The zero-order valence-electron chi connectivity index (χ0n) is 18.8. The number of carbonyl (C=O) groups is 2. The lowest BCUT2D eigenvalue weighted by Crippen LogP contribution is -2.34. The van der Waals surface area contributed by atoms with Crippen LogP contribution in [0.15, 0.2) is 73.1 Å². The van der Waals surface area contributed by atoms with Gasteiger partial charge in [-0.2, -0.15) is 0 Å². The third-order valence-corrected chi connectivity index (χ3v) is 5.56. The molecule has 1 heterocycles. The van der Waals surface area contributed by atoms with Gasteiger partial charge in [0, 0.05) is 29.6 Å². The van der Waals surface area contributed by atoms with E-state index in [1.54, 1.807) is 24.5 Å². The summed E-state index contributed by atoms with van der Waals surface area (Å²) >= 11 is 6.15. The molecule has 0 saturated heterocycles. The number of carbonyl (C=O) groups excluding carboxylic acids is 2. The Bertz CT molecular complexity index is 1100. The molecule has 2 aromatic rings. The highest BCUT2D eigenvalue weighted by Gasteiger charge is 2.30. The van der Waals surface area contributed by atoms with Gasteiger partial charge in [-0.1, -0.05) is 43.0 Å². The lowest BCUT2D eigenvalue weighted by Gasteiger charge is -2.28. The zero-order chi connectivity index (χ0) is 24.5. The van der Waals surface area contributed by atoms with Crippen LogP contribution in [0.25, 0.3) is 0 Å². The topological polar surface area (TPSA) is 68.7 Å². The fraction of sp³-hybridized carbons (Fsp3) is 0.269. The van der Waals surface area contributed by atoms with E-state index in [1.165, 1.54) is 23.1 Å². The second kappa shape index (κ2) is 12.1. The summed E-state index contributed by atoms with van der Waals surface area (Å²) in [5.41, 5.74) is 1.29. The van der Waals surface area contributed by atoms with E-state index in [4.69, 9.17) is 21.1 Å². The molecule has 0 unspecified atom stereocenters. The monoisotopic (exact) mass is 484 g/mol. The van der Waals surface area contributed by atoms with Crippen LogP contribution in [0.4, 0.5) is 10.1 Å². The number of amides is 1. The molecule has 3 rings (SSSR count). The fourth-order valence-corrected chi connectivity index (χ4v) is 3.88. The van der Waals surface area contributed by atoms with Gasteiger partial charge in [-0.05, 0) is 43.4 Å². The lowest BCUT2D eigenvalue weighted by atomic mass is 9.90. The second-order valence-corrected chi connectivity index (χ2v) is 8.04. The van der Waals surface area contributed by atoms with Gasteiger partial charge in [-0.25, -0.2) is 9.18 Å². The molecule has 0 saturated carbocycles. The predicted molar refractivity (Wildman–Crippen MR) is 129 cm³/mol. The molecule has 0 bridgehead atoms. The van der Waals surface area contributed by atoms with Gasteiger partial charge in [0.15, 0.2) is 0 Å². The van der Waals surface area contributed by atoms with Crippen LogP contribution in [-0.4, -0.2) is 30.1 Å². The Morgan fingerprint density at radius 2 is 1.88 bits per heavy atom. The minimum atomic E-state index is -0.694. The number of halogens is 2. The number of hydrogen-bond acceptors (Lipinski definition) is 5. The van der Waals surface area contributed by atoms with Gasteiger partial charge < -0.3 is 14.4 Å². The van der Waals surface area contributed by atoms with E-state index in [0.29, 0.717) is 29.6 Å². The molecular weight excluding hydrogens is 459 g/mol. The van der Waals surface area contributed by atoms with E-state index in [-0.39, 0.29) is 36.2 Å². The number of nitrogens with zero attached hydrogens (tertiary/aromatic N) is 2. The first-order valence-electron chi connectivity index (χ1n) is 10.9. The van der Waals surface area contributed by atoms with Crippen molar-refractivity contribution in [2.45, 2.75) is 32.2 Å². The molecule has 0 fully saturated rings. The molecule has 0 aliphatic heterocycles. The highest BCUT2D eigenvalue weighted by molar-refractivity contribution is 6.32. The summed E-state index contributed by atoms with van der Waals surface area (Å²) in [5.74, 6) is -1.52. The minimum Gasteiger partial charge on any atom is -0.488 e. The smallest absolute Gasteiger partial charge is 0.334 e. The number of aromatic nitrogens is 1. The maximum absolute atomic E-state index is 15.2. The van der Waals surface area contributed by atoms with Crippen molar-refractivity contribution < 1.29 is 23.5 Å². The summed E-state index contributed by atoms with van der Waals surface area (Å²) in [5, 5.41) is 0.0717. The molecule has 178 valence electrons.